The molecule has 1 heterocycles. The van der Waals surface area contributed by atoms with Gasteiger partial charge in [-0.05, 0) is 55.5 Å². The molecule has 0 aliphatic carbocycles. The fourth-order valence-electron chi connectivity index (χ4n) is 2.55. The lowest BCUT2D eigenvalue weighted by Gasteiger charge is -2.07. The summed E-state index contributed by atoms with van der Waals surface area (Å²) in [6.45, 7) is 1.81. The number of carbonyl (C=O) groups excluding carboxylic acids is 1. The summed E-state index contributed by atoms with van der Waals surface area (Å²) in [5, 5.41) is 10.1. The maximum absolute atomic E-state index is 12.6. The highest BCUT2D eigenvalue weighted by Gasteiger charge is 2.14. The molecule has 0 aliphatic rings. The van der Waals surface area contributed by atoms with E-state index >= 15 is 0 Å². The molecule has 1 aromatic heterocycles. The minimum atomic E-state index is -0.118. The number of rotatable bonds is 6. The molecule has 27 heavy (non-hydrogen) atoms. The number of aromatic hydroxyl groups is 1. The zero-order valence-corrected chi connectivity index (χ0v) is 16.0. The summed E-state index contributed by atoms with van der Waals surface area (Å²) >= 11 is 1.33. The first-order valence-electron chi connectivity index (χ1n) is 8.23. The number of ketones is 1. The van der Waals surface area contributed by atoms with Crippen molar-refractivity contribution in [1.82, 2.24) is 4.98 Å². The average Bonchev–Trinajstić information content (AvgIpc) is 3.08. The van der Waals surface area contributed by atoms with Gasteiger partial charge in [-0.25, -0.2) is 4.98 Å². The fourth-order valence-corrected chi connectivity index (χ4v) is 3.54. The van der Waals surface area contributed by atoms with E-state index in [-0.39, 0.29) is 11.5 Å². The van der Waals surface area contributed by atoms with Crippen LogP contribution in [0.2, 0.25) is 0 Å². The zero-order valence-electron chi connectivity index (χ0n) is 15.2. The lowest BCUT2D eigenvalue weighted by Crippen LogP contribution is -1.94. The van der Waals surface area contributed by atoms with E-state index in [1.165, 1.54) is 17.4 Å². The number of allylic oxidation sites excluding steroid dienone is 1. The SMILES string of the molecule is COc1ccc(/C=C/C(=O)c2sc(-c3ccc(O)cc3)nc2C)c(OC)c1. The first-order valence-corrected chi connectivity index (χ1v) is 9.04. The van der Waals surface area contributed by atoms with Gasteiger partial charge in [-0.3, -0.25) is 4.79 Å². The third kappa shape index (κ3) is 4.17. The van der Waals surface area contributed by atoms with Gasteiger partial charge in [-0.2, -0.15) is 0 Å². The summed E-state index contributed by atoms with van der Waals surface area (Å²) in [6, 6.07) is 12.2. The molecule has 0 amide bonds. The number of methoxy groups -OCH3 is 2. The highest BCUT2D eigenvalue weighted by Crippen LogP contribution is 2.30. The molecule has 1 N–H and O–H groups in total. The first-order chi connectivity index (χ1) is 13.0. The molecule has 138 valence electrons. The predicted molar refractivity (Wildman–Crippen MR) is 107 cm³/mol. The third-order valence-corrected chi connectivity index (χ3v) is 5.21. The van der Waals surface area contributed by atoms with E-state index in [1.54, 1.807) is 50.6 Å². The van der Waals surface area contributed by atoms with Crippen LogP contribution in [0.1, 0.15) is 20.9 Å². The number of aryl methyl sites for hydroxylation is 1. The Hall–Kier alpha value is -3.12. The summed E-state index contributed by atoms with van der Waals surface area (Å²) in [6.07, 6.45) is 3.24. The number of phenolic OH excluding ortho intramolecular Hbond substituents is 1. The lowest BCUT2D eigenvalue weighted by molar-refractivity contribution is 0.105. The molecule has 0 atom stereocenters. The molecule has 0 saturated heterocycles. The van der Waals surface area contributed by atoms with Crippen LogP contribution in [0.15, 0.2) is 48.5 Å². The number of phenols is 1. The number of hydrogen-bond donors (Lipinski definition) is 1. The van der Waals surface area contributed by atoms with Crippen molar-refractivity contribution in [3.63, 3.8) is 0 Å². The lowest BCUT2D eigenvalue weighted by atomic mass is 10.1. The van der Waals surface area contributed by atoms with E-state index < -0.39 is 0 Å². The minimum Gasteiger partial charge on any atom is -0.508 e. The van der Waals surface area contributed by atoms with Crippen LogP contribution >= 0.6 is 11.3 Å². The molecule has 0 unspecified atom stereocenters. The van der Waals surface area contributed by atoms with E-state index in [4.69, 9.17) is 9.47 Å². The summed E-state index contributed by atoms with van der Waals surface area (Å²) in [5.74, 6) is 1.39. The monoisotopic (exact) mass is 381 g/mol. The minimum absolute atomic E-state index is 0.118. The molecule has 0 radical (unpaired) electrons. The average molecular weight is 381 g/mol. The van der Waals surface area contributed by atoms with Crippen molar-refractivity contribution in [3.05, 3.63) is 64.7 Å². The second-order valence-electron chi connectivity index (χ2n) is 5.79. The highest BCUT2D eigenvalue weighted by atomic mass is 32.1. The van der Waals surface area contributed by atoms with E-state index in [1.807, 2.05) is 19.1 Å². The quantitative estimate of drug-likeness (QED) is 0.493. The molecule has 0 saturated carbocycles. The standard InChI is InChI=1S/C21H19NO4S/c1-13-20(27-21(22-13)15-4-8-16(23)9-5-15)18(24)11-7-14-6-10-17(25-2)12-19(14)26-3/h4-12,23H,1-3H3/b11-7+. The van der Waals surface area contributed by atoms with Crippen molar-refractivity contribution in [1.29, 1.82) is 0 Å². The van der Waals surface area contributed by atoms with Gasteiger partial charge >= 0.3 is 0 Å². The predicted octanol–water partition coefficient (Wildman–Crippen LogP) is 4.74. The van der Waals surface area contributed by atoms with Crippen LogP contribution in [-0.4, -0.2) is 30.1 Å². The van der Waals surface area contributed by atoms with Gasteiger partial charge in [0.15, 0.2) is 5.78 Å². The van der Waals surface area contributed by atoms with Gasteiger partial charge in [0.25, 0.3) is 0 Å². The van der Waals surface area contributed by atoms with Crippen LogP contribution < -0.4 is 9.47 Å². The van der Waals surface area contributed by atoms with E-state index in [9.17, 15) is 9.90 Å². The second kappa shape index (κ2) is 8.05. The number of hydrogen-bond acceptors (Lipinski definition) is 6. The molecule has 0 fully saturated rings. The van der Waals surface area contributed by atoms with Gasteiger partial charge in [-0.1, -0.05) is 0 Å². The van der Waals surface area contributed by atoms with Gasteiger partial charge in [0.05, 0.1) is 24.8 Å². The number of aromatic nitrogens is 1. The normalized spacial score (nSPS) is 10.9. The van der Waals surface area contributed by atoms with Crippen molar-refractivity contribution >= 4 is 23.2 Å². The Bertz CT molecular complexity index is 990. The van der Waals surface area contributed by atoms with Crippen LogP contribution in [0.5, 0.6) is 17.2 Å². The van der Waals surface area contributed by atoms with Crippen LogP contribution in [0, 0.1) is 6.92 Å². The van der Waals surface area contributed by atoms with Gasteiger partial charge in [0.2, 0.25) is 0 Å². The Morgan fingerprint density at radius 2 is 1.85 bits per heavy atom. The number of nitrogens with zero attached hydrogens (tertiary/aromatic N) is 1. The highest BCUT2D eigenvalue weighted by molar-refractivity contribution is 7.17. The summed E-state index contributed by atoms with van der Waals surface area (Å²) in [5.41, 5.74) is 2.33. The summed E-state index contributed by atoms with van der Waals surface area (Å²) in [4.78, 5) is 17.7. The smallest absolute Gasteiger partial charge is 0.197 e. The maximum atomic E-state index is 12.6. The van der Waals surface area contributed by atoms with Crippen LogP contribution in [0.4, 0.5) is 0 Å². The molecular formula is C21H19NO4S. The Morgan fingerprint density at radius 1 is 1.11 bits per heavy atom. The topological polar surface area (TPSA) is 68.7 Å². The molecule has 0 spiro atoms. The molecule has 5 nitrogen and oxygen atoms in total. The maximum Gasteiger partial charge on any atom is 0.197 e. The van der Waals surface area contributed by atoms with Crippen LogP contribution in [-0.2, 0) is 0 Å². The van der Waals surface area contributed by atoms with E-state index in [2.05, 4.69) is 4.98 Å². The van der Waals surface area contributed by atoms with Gasteiger partial charge in [0, 0.05) is 17.2 Å². The number of benzene rings is 2. The van der Waals surface area contributed by atoms with Crippen molar-refractivity contribution in [2.45, 2.75) is 6.92 Å². The second-order valence-corrected chi connectivity index (χ2v) is 6.78. The molecule has 2 aromatic carbocycles. The Balaban J connectivity index is 1.84. The summed E-state index contributed by atoms with van der Waals surface area (Å²) < 4.78 is 10.5. The summed E-state index contributed by atoms with van der Waals surface area (Å²) in [7, 11) is 3.16. The number of ether oxygens (including phenoxy) is 2. The van der Waals surface area contributed by atoms with Gasteiger partial charge < -0.3 is 14.6 Å². The van der Waals surface area contributed by atoms with E-state index in [0.717, 1.165) is 16.1 Å². The van der Waals surface area contributed by atoms with Gasteiger partial charge in [0.1, 0.15) is 22.3 Å². The third-order valence-electron chi connectivity index (χ3n) is 3.99. The van der Waals surface area contributed by atoms with E-state index in [0.29, 0.717) is 22.1 Å². The van der Waals surface area contributed by atoms with Crippen molar-refractivity contribution in [2.24, 2.45) is 0 Å². The molecule has 0 aliphatic heterocycles. The van der Waals surface area contributed by atoms with Crippen LogP contribution in [0.3, 0.4) is 0 Å². The number of carbonyl (C=O) groups is 1. The molecule has 3 rings (SSSR count). The Morgan fingerprint density at radius 3 is 2.52 bits per heavy atom. The van der Waals surface area contributed by atoms with Crippen molar-refractivity contribution < 1.29 is 19.4 Å². The fraction of sp³-hybridized carbons (Fsp3) is 0.143. The van der Waals surface area contributed by atoms with Crippen molar-refractivity contribution in [3.8, 4) is 27.8 Å². The Labute approximate surface area is 161 Å². The largest absolute Gasteiger partial charge is 0.508 e. The molecule has 6 heteroatoms. The number of thiazole rings is 1. The van der Waals surface area contributed by atoms with Gasteiger partial charge in [-0.15, -0.1) is 11.3 Å². The Kier molecular flexibility index (Phi) is 5.57. The first kappa shape index (κ1) is 18.7. The van der Waals surface area contributed by atoms with Crippen LogP contribution in [0.25, 0.3) is 16.6 Å². The molecular weight excluding hydrogens is 362 g/mol. The van der Waals surface area contributed by atoms with Crippen molar-refractivity contribution in [2.75, 3.05) is 14.2 Å². The molecule has 3 aromatic rings. The zero-order chi connectivity index (χ0) is 19.4. The molecule has 0 bridgehead atoms.